The molecule has 1 aromatic rings. The Balaban J connectivity index is 2.13. The molecule has 1 aromatic carbocycles. The van der Waals surface area contributed by atoms with Gasteiger partial charge in [-0.1, -0.05) is 6.42 Å². The molecule has 8 heteroatoms. The second-order valence-electron chi connectivity index (χ2n) is 7.65. The van der Waals surface area contributed by atoms with Gasteiger partial charge in [0.25, 0.3) is 5.69 Å². The first-order valence-corrected chi connectivity index (χ1v) is 8.96. The number of nitro benzene ring substituents is 1. The third-order valence-electron chi connectivity index (χ3n) is 4.74. The number of aliphatic hydroxyl groups excluding tert-OH is 1. The van der Waals surface area contributed by atoms with E-state index in [0.717, 1.165) is 32.4 Å². The molecule has 146 valence electrons. The highest BCUT2D eigenvalue weighted by Crippen LogP contribution is 2.43. The lowest BCUT2D eigenvalue weighted by molar-refractivity contribution is -0.384. The largest absolute Gasteiger partial charge is 0.484 e. The van der Waals surface area contributed by atoms with Crippen molar-refractivity contribution >= 4 is 11.4 Å². The first kappa shape index (κ1) is 20.4. The van der Waals surface area contributed by atoms with Crippen molar-refractivity contribution in [3.8, 4) is 5.75 Å². The number of aliphatic hydroxyl groups is 1. The van der Waals surface area contributed by atoms with Gasteiger partial charge in [-0.05, 0) is 59.9 Å². The van der Waals surface area contributed by atoms with Gasteiger partial charge in [0.1, 0.15) is 23.1 Å². The second kappa shape index (κ2) is 8.20. The van der Waals surface area contributed by atoms with Crippen LogP contribution < -0.4 is 15.8 Å². The van der Waals surface area contributed by atoms with E-state index < -0.39 is 16.6 Å². The molecule has 2 rings (SSSR count). The number of nitrogens with zero attached hydrogens (tertiary/aromatic N) is 2. The van der Waals surface area contributed by atoms with Crippen LogP contribution in [0.15, 0.2) is 12.1 Å². The molecule has 2 unspecified atom stereocenters. The van der Waals surface area contributed by atoms with Crippen LogP contribution in [0.25, 0.3) is 0 Å². The van der Waals surface area contributed by atoms with Crippen molar-refractivity contribution in [3.63, 3.8) is 0 Å². The minimum atomic E-state index is -0.862. The van der Waals surface area contributed by atoms with Gasteiger partial charge in [0.15, 0.2) is 0 Å². The Kier molecular flexibility index (Phi) is 6.44. The topological polar surface area (TPSA) is 114 Å². The van der Waals surface area contributed by atoms with E-state index in [2.05, 4.69) is 24.3 Å². The van der Waals surface area contributed by atoms with Crippen molar-refractivity contribution in [3.05, 3.63) is 27.8 Å². The summed E-state index contributed by atoms with van der Waals surface area (Å²) in [7, 11) is 4.11. The summed E-state index contributed by atoms with van der Waals surface area (Å²) in [6, 6.07) is 2.50. The lowest BCUT2D eigenvalue weighted by Gasteiger charge is -2.42. The molecule has 0 amide bonds. The molecule has 0 radical (unpaired) electrons. The van der Waals surface area contributed by atoms with E-state index in [0.29, 0.717) is 11.3 Å². The molecule has 0 saturated heterocycles. The average Bonchev–Trinajstić information content (AvgIpc) is 2.53. The molecule has 8 nitrogen and oxygen atoms in total. The third kappa shape index (κ3) is 4.63. The van der Waals surface area contributed by atoms with Gasteiger partial charge in [0, 0.05) is 5.56 Å². The predicted octanol–water partition coefficient (Wildman–Crippen LogP) is 2.07. The fourth-order valence-corrected chi connectivity index (χ4v) is 3.22. The Hall–Kier alpha value is -1.90. The number of nitro groups is 1. The van der Waals surface area contributed by atoms with Crippen LogP contribution in [0.4, 0.5) is 11.4 Å². The maximum atomic E-state index is 11.1. The van der Waals surface area contributed by atoms with Crippen molar-refractivity contribution in [1.82, 2.24) is 10.2 Å². The number of nitrogens with two attached hydrogens (primary N) is 1. The Morgan fingerprint density at radius 2 is 2.04 bits per heavy atom. The fraction of sp³-hybridized carbons (Fsp3) is 0.667. The van der Waals surface area contributed by atoms with Crippen LogP contribution in [0, 0.1) is 10.1 Å². The van der Waals surface area contributed by atoms with Crippen molar-refractivity contribution in [1.29, 1.82) is 0 Å². The smallest absolute Gasteiger partial charge is 0.295 e. The molecule has 1 heterocycles. The number of ether oxygens (including phenoxy) is 1. The maximum absolute atomic E-state index is 11.1. The zero-order valence-corrected chi connectivity index (χ0v) is 16.0. The molecule has 0 aromatic heterocycles. The highest BCUT2D eigenvalue weighted by Gasteiger charge is 2.43. The van der Waals surface area contributed by atoms with Crippen molar-refractivity contribution in [2.75, 3.05) is 32.9 Å². The standard InChI is InChI=1S/C18H30N4O4/c1-18(2)17(23)16(20-8-6-5-7-9-21(3)4)12-10-13(19)14(22(24)25)11-15(12)26-18/h10-11,16-17,20,23H,5-9,19H2,1-4H3. The van der Waals surface area contributed by atoms with Crippen molar-refractivity contribution < 1.29 is 14.8 Å². The van der Waals surface area contributed by atoms with E-state index in [1.807, 2.05) is 0 Å². The predicted molar refractivity (Wildman–Crippen MR) is 101 cm³/mol. The van der Waals surface area contributed by atoms with Gasteiger partial charge in [0.2, 0.25) is 0 Å². The summed E-state index contributed by atoms with van der Waals surface area (Å²) in [6.07, 6.45) is 2.39. The number of hydrogen-bond acceptors (Lipinski definition) is 7. The lowest BCUT2D eigenvalue weighted by atomic mass is 9.86. The van der Waals surface area contributed by atoms with Gasteiger partial charge < -0.3 is 25.8 Å². The highest BCUT2D eigenvalue weighted by molar-refractivity contribution is 5.65. The highest BCUT2D eigenvalue weighted by atomic mass is 16.6. The molecule has 0 saturated carbocycles. The van der Waals surface area contributed by atoms with Crippen LogP contribution in [0.3, 0.4) is 0 Å². The van der Waals surface area contributed by atoms with E-state index in [4.69, 9.17) is 10.5 Å². The summed E-state index contributed by atoms with van der Waals surface area (Å²) >= 11 is 0. The Morgan fingerprint density at radius 1 is 1.35 bits per heavy atom. The molecule has 1 aliphatic rings. The molecule has 0 fully saturated rings. The van der Waals surface area contributed by atoms with Gasteiger partial charge in [-0.25, -0.2) is 0 Å². The first-order valence-electron chi connectivity index (χ1n) is 8.96. The average molecular weight is 366 g/mol. The Bertz CT molecular complexity index is 648. The first-order chi connectivity index (χ1) is 12.1. The number of unbranched alkanes of at least 4 members (excludes halogenated alkanes) is 2. The number of hydrogen-bond donors (Lipinski definition) is 3. The normalized spacial score (nSPS) is 21.3. The van der Waals surface area contributed by atoms with E-state index in [9.17, 15) is 15.2 Å². The van der Waals surface area contributed by atoms with Crippen LogP contribution in [0.5, 0.6) is 5.75 Å². The van der Waals surface area contributed by atoms with Crippen LogP contribution in [-0.4, -0.2) is 53.8 Å². The molecule has 0 bridgehead atoms. The number of nitrogens with one attached hydrogen (secondary N) is 1. The summed E-state index contributed by atoms with van der Waals surface area (Å²) in [4.78, 5) is 12.8. The number of rotatable bonds is 8. The Morgan fingerprint density at radius 3 is 2.65 bits per heavy atom. The number of anilines is 1. The quantitative estimate of drug-likeness (QED) is 0.279. The van der Waals surface area contributed by atoms with Gasteiger partial charge in [-0.2, -0.15) is 0 Å². The van der Waals surface area contributed by atoms with E-state index in [1.165, 1.54) is 12.1 Å². The molecule has 4 N–H and O–H groups in total. The number of nitrogen functional groups attached to an aromatic ring is 1. The lowest BCUT2D eigenvalue weighted by Crippen LogP contribution is -2.52. The molecule has 0 aliphatic carbocycles. The van der Waals surface area contributed by atoms with Crippen LogP contribution in [-0.2, 0) is 0 Å². The number of benzene rings is 1. The van der Waals surface area contributed by atoms with Crippen molar-refractivity contribution in [2.24, 2.45) is 0 Å². The minimum absolute atomic E-state index is 0.0713. The summed E-state index contributed by atoms with van der Waals surface area (Å²) in [5, 5.41) is 25.2. The van der Waals surface area contributed by atoms with Gasteiger partial charge in [0.05, 0.1) is 17.0 Å². The zero-order chi connectivity index (χ0) is 19.5. The Labute approximate surface area is 154 Å². The summed E-state index contributed by atoms with van der Waals surface area (Å²) in [5.74, 6) is 0.395. The van der Waals surface area contributed by atoms with Gasteiger partial charge in [-0.15, -0.1) is 0 Å². The third-order valence-corrected chi connectivity index (χ3v) is 4.74. The molecule has 26 heavy (non-hydrogen) atoms. The maximum Gasteiger partial charge on any atom is 0.295 e. The van der Waals surface area contributed by atoms with Gasteiger partial charge in [-0.3, -0.25) is 10.1 Å². The monoisotopic (exact) mass is 366 g/mol. The van der Waals surface area contributed by atoms with Crippen LogP contribution in [0.1, 0.15) is 44.7 Å². The second-order valence-corrected chi connectivity index (χ2v) is 7.65. The van der Waals surface area contributed by atoms with Gasteiger partial charge >= 0.3 is 0 Å². The summed E-state index contributed by atoms with van der Waals surface area (Å²) in [5.41, 5.74) is 5.52. The van der Waals surface area contributed by atoms with E-state index in [-0.39, 0.29) is 17.4 Å². The minimum Gasteiger partial charge on any atom is -0.484 e. The van der Waals surface area contributed by atoms with Crippen LogP contribution >= 0.6 is 0 Å². The molecular formula is C18H30N4O4. The molecule has 0 spiro atoms. The molecule has 1 aliphatic heterocycles. The van der Waals surface area contributed by atoms with Crippen molar-refractivity contribution in [2.45, 2.75) is 50.9 Å². The summed E-state index contributed by atoms with van der Waals surface area (Å²) < 4.78 is 5.82. The number of fused-ring (bicyclic) bond motifs is 1. The fourth-order valence-electron chi connectivity index (χ4n) is 3.22. The summed E-state index contributed by atoms with van der Waals surface area (Å²) in [6.45, 7) is 5.33. The molecule has 2 atom stereocenters. The molecular weight excluding hydrogens is 336 g/mol. The zero-order valence-electron chi connectivity index (χ0n) is 16.0. The van der Waals surface area contributed by atoms with Crippen LogP contribution in [0.2, 0.25) is 0 Å². The SMILES string of the molecule is CN(C)CCCCCNC1c2cc(N)c([N+](=O)[O-])cc2OC(C)(C)C1O. The van der Waals surface area contributed by atoms with E-state index in [1.54, 1.807) is 13.8 Å². The van der Waals surface area contributed by atoms with E-state index >= 15 is 0 Å².